The summed E-state index contributed by atoms with van der Waals surface area (Å²) >= 11 is 0. The Balaban J connectivity index is 2.08. The quantitative estimate of drug-likeness (QED) is 0.617. The number of carbonyl (C=O) groups excluding carboxylic acids is 2. The minimum atomic E-state index is -0.269. The summed E-state index contributed by atoms with van der Waals surface area (Å²) in [6.07, 6.45) is 5.56. The Kier molecular flexibility index (Phi) is 3.03. The highest BCUT2D eigenvalue weighted by Gasteiger charge is 2.30. The summed E-state index contributed by atoms with van der Waals surface area (Å²) in [6, 6.07) is 9.74. The predicted molar refractivity (Wildman–Crippen MR) is 73.1 cm³/mol. The van der Waals surface area contributed by atoms with Gasteiger partial charge in [-0.2, -0.15) is 0 Å². The molecule has 0 bridgehead atoms. The first kappa shape index (κ1) is 11.9. The molecule has 1 aromatic carbocycles. The first-order valence-electron chi connectivity index (χ1n) is 6.60. The Morgan fingerprint density at radius 2 is 1.58 bits per heavy atom. The number of nitrogens with one attached hydrogen (secondary N) is 1. The van der Waals surface area contributed by atoms with Crippen molar-refractivity contribution in [3.05, 3.63) is 52.6 Å². The highest BCUT2D eigenvalue weighted by atomic mass is 16.2. The predicted octanol–water partition coefficient (Wildman–Crippen LogP) is 2.60. The largest absolute Gasteiger partial charge is 0.288 e. The van der Waals surface area contributed by atoms with Gasteiger partial charge in [-0.1, -0.05) is 30.3 Å². The average molecular weight is 253 g/mol. The van der Waals surface area contributed by atoms with Gasteiger partial charge in [0.1, 0.15) is 0 Å². The molecule has 1 heterocycles. The van der Waals surface area contributed by atoms with Crippen LogP contribution in [0.15, 0.2) is 47.1 Å². The molecule has 2 aliphatic rings. The molecule has 0 spiro atoms. The number of imide groups is 1. The molecule has 0 atom stereocenters. The lowest BCUT2D eigenvalue weighted by Crippen LogP contribution is -2.39. The average Bonchev–Trinajstić information content (AvgIpc) is 2.45. The van der Waals surface area contributed by atoms with Crippen molar-refractivity contribution in [1.29, 1.82) is 0 Å². The van der Waals surface area contributed by atoms with Gasteiger partial charge in [-0.15, -0.1) is 0 Å². The van der Waals surface area contributed by atoms with Crippen LogP contribution in [0.4, 0.5) is 0 Å². The number of rotatable bonds is 1. The summed E-state index contributed by atoms with van der Waals surface area (Å²) in [5.74, 6) is -0.473. The molecule has 3 heteroatoms. The zero-order valence-corrected chi connectivity index (χ0v) is 10.6. The van der Waals surface area contributed by atoms with E-state index in [2.05, 4.69) is 5.32 Å². The van der Waals surface area contributed by atoms with Gasteiger partial charge in [-0.3, -0.25) is 14.9 Å². The molecule has 0 saturated heterocycles. The lowest BCUT2D eigenvalue weighted by molar-refractivity contribution is -0.127. The van der Waals surface area contributed by atoms with E-state index in [1.807, 2.05) is 36.4 Å². The fourth-order valence-electron chi connectivity index (χ4n) is 2.70. The summed E-state index contributed by atoms with van der Waals surface area (Å²) in [4.78, 5) is 23.8. The molecule has 0 radical (unpaired) electrons. The first-order valence-corrected chi connectivity index (χ1v) is 6.60. The van der Waals surface area contributed by atoms with Gasteiger partial charge < -0.3 is 0 Å². The minimum absolute atomic E-state index is 0.204. The zero-order valence-electron chi connectivity index (χ0n) is 10.6. The van der Waals surface area contributed by atoms with Crippen molar-refractivity contribution < 1.29 is 9.59 Å². The van der Waals surface area contributed by atoms with Gasteiger partial charge in [0.05, 0.1) is 0 Å². The molecule has 1 aliphatic carbocycles. The highest BCUT2D eigenvalue weighted by molar-refractivity contribution is 6.18. The lowest BCUT2D eigenvalue weighted by atomic mass is 9.83. The van der Waals surface area contributed by atoms with Crippen LogP contribution in [0.1, 0.15) is 31.2 Å². The van der Waals surface area contributed by atoms with Crippen LogP contribution < -0.4 is 5.32 Å². The maximum Gasteiger partial charge on any atom is 0.258 e. The van der Waals surface area contributed by atoms with Crippen molar-refractivity contribution in [2.75, 3.05) is 0 Å². The maximum atomic E-state index is 12.0. The van der Waals surface area contributed by atoms with Crippen LogP contribution in [0.25, 0.3) is 6.08 Å². The second-order valence-corrected chi connectivity index (χ2v) is 4.92. The van der Waals surface area contributed by atoms with Crippen LogP contribution in [0.3, 0.4) is 0 Å². The van der Waals surface area contributed by atoms with E-state index >= 15 is 0 Å². The van der Waals surface area contributed by atoms with Crippen molar-refractivity contribution in [3.63, 3.8) is 0 Å². The van der Waals surface area contributed by atoms with Crippen LogP contribution in [-0.2, 0) is 9.59 Å². The van der Waals surface area contributed by atoms with Crippen LogP contribution in [0.5, 0.6) is 0 Å². The van der Waals surface area contributed by atoms with E-state index in [4.69, 9.17) is 0 Å². The van der Waals surface area contributed by atoms with Gasteiger partial charge in [0.25, 0.3) is 11.8 Å². The Morgan fingerprint density at radius 3 is 2.32 bits per heavy atom. The van der Waals surface area contributed by atoms with E-state index < -0.39 is 0 Å². The molecule has 3 rings (SSSR count). The number of hydrogen-bond acceptors (Lipinski definition) is 2. The van der Waals surface area contributed by atoms with Crippen LogP contribution in [0, 0.1) is 0 Å². The molecule has 1 aliphatic heterocycles. The van der Waals surface area contributed by atoms with Gasteiger partial charge in [0.2, 0.25) is 0 Å². The molecule has 96 valence electrons. The second-order valence-electron chi connectivity index (χ2n) is 4.92. The van der Waals surface area contributed by atoms with Gasteiger partial charge >= 0.3 is 0 Å². The van der Waals surface area contributed by atoms with Crippen molar-refractivity contribution in [3.8, 4) is 0 Å². The third-order valence-corrected chi connectivity index (χ3v) is 3.65. The molecule has 1 aromatic rings. The molecule has 0 saturated carbocycles. The molecule has 19 heavy (non-hydrogen) atoms. The summed E-state index contributed by atoms with van der Waals surface area (Å²) in [5, 5.41) is 2.44. The van der Waals surface area contributed by atoms with Gasteiger partial charge in [0.15, 0.2) is 0 Å². The smallest absolute Gasteiger partial charge is 0.258 e. The zero-order chi connectivity index (χ0) is 13.2. The van der Waals surface area contributed by atoms with E-state index in [0.29, 0.717) is 5.57 Å². The molecular formula is C16H15NO2. The van der Waals surface area contributed by atoms with Gasteiger partial charge in [0, 0.05) is 11.1 Å². The third kappa shape index (κ3) is 2.24. The normalized spacial score (nSPS) is 21.4. The third-order valence-electron chi connectivity index (χ3n) is 3.65. The van der Waals surface area contributed by atoms with E-state index in [9.17, 15) is 9.59 Å². The second kappa shape index (κ2) is 4.84. The Labute approximate surface area is 112 Å². The maximum absolute atomic E-state index is 12.0. The van der Waals surface area contributed by atoms with E-state index in [1.54, 1.807) is 0 Å². The molecule has 0 unspecified atom stereocenters. The molecular weight excluding hydrogens is 238 g/mol. The SMILES string of the molecule is O=C1NC(=O)C2=C(CCCC2)C1=Cc1ccccc1. The van der Waals surface area contributed by atoms with Crippen LogP contribution in [-0.4, -0.2) is 11.8 Å². The topological polar surface area (TPSA) is 46.2 Å². The minimum Gasteiger partial charge on any atom is -0.288 e. The van der Waals surface area contributed by atoms with Crippen LogP contribution in [0.2, 0.25) is 0 Å². The Bertz CT molecular complexity index is 596. The number of carbonyl (C=O) groups is 2. The number of amides is 2. The lowest BCUT2D eigenvalue weighted by Gasteiger charge is -2.25. The molecule has 2 amide bonds. The van der Waals surface area contributed by atoms with Gasteiger partial charge in [-0.05, 0) is 42.9 Å². The first-order chi connectivity index (χ1) is 9.25. The summed E-state index contributed by atoms with van der Waals surface area (Å²) in [7, 11) is 0. The summed E-state index contributed by atoms with van der Waals surface area (Å²) in [6.45, 7) is 0. The number of hydrogen-bond donors (Lipinski definition) is 1. The fourth-order valence-corrected chi connectivity index (χ4v) is 2.70. The monoisotopic (exact) mass is 253 g/mol. The Morgan fingerprint density at radius 1 is 0.895 bits per heavy atom. The summed E-state index contributed by atoms with van der Waals surface area (Å²) in [5.41, 5.74) is 3.39. The van der Waals surface area contributed by atoms with Crippen molar-refractivity contribution in [2.24, 2.45) is 0 Å². The van der Waals surface area contributed by atoms with Crippen molar-refractivity contribution in [1.82, 2.24) is 5.32 Å². The van der Waals surface area contributed by atoms with E-state index in [1.165, 1.54) is 0 Å². The summed E-state index contributed by atoms with van der Waals surface area (Å²) < 4.78 is 0. The van der Waals surface area contributed by atoms with Crippen molar-refractivity contribution >= 4 is 17.9 Å². The molecule has 1 N–H and O–H groups in total. The number of benzene rings is 1. The molecule has 3 nitrogen and oxygen atoms in total. The van der Waals surface area contributed by atoms with Crippen LogP contribution >= 0.6 is 0 Å². The standard InChI is InChI=1S/C16H15NO2/c18-15-13-9-5-4-8-12(13)14(16(19)17-15)10-11-6-2-1-3-7-11/h1-3,6-7,10H,4-5,8-9H2,(H,17,18,19). The fraction of sp³-hybridized carbons (Fsp3) is 0.250. The highest BCUT2D eigenvalue weighted by Crippen LogP contribution is 2.33. The van der Waals surface area contributed by atoms with Gasteiger partial charge in [-0.25, -0.2) is 0 Å². The van der Waals surface area contributed by atoms with Crippen molar-refractivity contribution in [2.45, 2.75) is 25.7 Å². The molecule has 0 aromatic heterocycles. The van der Waals surface area contributed by atoms with E-state index in [-0.39, 0.29) is 11.8 Å². The molecule has 0 fully saturated rings. The Hall–Kier alpha value is -2.16. The van der Waals surface area contributed by atoms with E-state index in [0.717, 1.165) is 42.4 Å².